The van der Waals surface area contributed by atoms with Crippen LogP contribution in [0.3, 0.4) is 0 Å². The standard InChI is InChI=1S/C15H28N2S/c1-11(2)13(4)9-16-14-17-15(10-18-14)7-5-6-12(3)8-15/h11-13H,5-10H2,1-4H3,(H,16,17). The molecule has 0 bridgehead atoms. The number of nitrogens with one attached hydrogen (secondary N) is 1. The zero-order chi connectivity index (χ0) is 13.2. The highest BCUT2D eigenvalue weighted by molar-refractivity contribution is 8.14. The molecule has 2 aliphatic rings. The maximum atomic E-state index is 4.79. The summed E-state index contributed by atoms with van der Waals surface area (Å²) in [5, 5.41) is 4.95. The van der Waals surface area contributed by atoms with Crippen molar-refractivity contribution in [3.63, 3.8) is 0 Å². The fourth-order valence-corrected chi connectivity index (χ4v) is 4.13. The Bertz CT molecular complexity index is 314. The molecule has 2 fully saturated rings. The Morgan fingerprint density at radius 3 is 2.89 bits per heavy atom. The van der Waals surface area contributed by atoms with Crippen LogP contribution >= 0.6 is 11.8 Å². The van der Waals surface area contributed by atoms with E-state index in [1.165, 1.54) is 36.6 Å². The Hall–Kier alpha value is -0.180. The van der Waals surface area contributed by atoms with Crippen molar-refractivity contribution in [2.75, 3.05) is 12.3 Å². The monoisotopic (exact) mass is 268 g/mol. The number of aliphatic imine (C=N–C) groups is 1. The van der Waals surface area contributed by atoms with Crippen LogP contribution in [-0.4, -0.2) is 23.0 Å². The van der Waals surface area contributed by atoms with Gasteiger partial charge in [-0.1, -0.05) is 52.3 Å². The molecule has 1 saturated heterocycles. The summed E-state index contributed by atoms with van der Waals surface area (Å²) in [6.45, 7) is 10.2. The van der Waals surface area contributed by atoms with Crippen molar-refractivity contribution >= 4 is 16.9 Å². The Kier molecular flexibility index (Phi) is 4.63. The van der Waals surface area contributed by atoms with Crippen LogP contribution in [0.2, 0.25) is 0 Å². The summed E-state index contributed by atoms with van der Waals surface area (Å²) in [6.07, 6.45) is 5.46. The number of thioether (sulfide) groups is 1. The molecule has 0 radical (unpaired) electrons. The van der Waals surface area contributed by atoms with Gasteiger partial charge in [0.1, 0.15) is 0 Å². The van der Waals surface area contributed by atoms with Crippen LogP contribution < -0.4 is 5.32 Å². The second-order valence-corrected chi connectivity index (χ2v) is 7.73. The molecule has 1 N–H and O–H groups in total. The van der Waals surface area contributed by atoms with Gasteiger partial charge >= 0.3 is 0 Å². The lowest BCUT2D eigenvalue weighted by atomic mass is 9.78. The third-order valence-corrected chi connectivity index (χ3v) is 5.81. The fourth-order valence-electron chi connectivity index (χ4n) is 2.93. The summed E-state index contributed by atoms with van der Waals surface area (Å²) in [5.74, 6) is 3.51. The van der Waals surface area contributed by atoms with Gasteiger partial charge in [-0.3, -0.25) is 4.99 Å². The summed E-state index contributed by atoms with van der Waals surface area (Å²) >= 11 is 1.94. The lowest BCUT2D eigenvalue weighted by molar-refractivity contribution is 0.242. The van der Waals surface area contributed by atoms with Gasteiger partial charge in [-0.25, -0.2) is 0 Å². The van der Waals surface area contributed by atoms with Crippen molar-refractivity contribution in [1.82, 2.24) is 5.32 Å². The van der Waals surface area contributed by atoms with Crippen LogP contribution in [0.4, 0.5) is 0 Å². The summed E-state index contributed by atoms with van der Waals surface area (Å²) in [7, 11) is 0. The third-order valence-electron chi connectivity index (χ3n) is 4.61. The van der Waals surface area contributed by atoms with Crippen molar-refractivity contribution in [2.24, 2.45) is 22.7 Å². The minimum atomic E-state index is 0.377. The molecule has 104 valence electrons. The molecule has 0 aromatic rings. The van der Waals surface area contributed by atoms with Gasteiger partial charge in [-0.05, 0) is 30.6 Å². The van der Waals surface area contributed by atoms with Gasteiger partial charge < -0.3 is 5.32 Å². The average Bonchev–Trinajstić information content (AvgIpc) is 2.68. The first kappa shape index (κ1) is 14.2. The van der Waals surface area contributed by atoms with Crippen molar-refractivity contribution in [3.05, 3.63) is 0 Å². The number of rotatable bonds is 3. The average molecular weight is 268 g/mol. The quantitative estimate of drug-likeness (QED) is 0.839. The van der Waals surface area contributed by atoms with Crippen molar-refractivity contribution in [2.45, 2.75) is 58.9 Å². The largest absolute Gasteiger partial charge is 0.359 e. The van der Waals surface area contributed by atoms with Crippen molar-refractivity contribution in [1.29, 1.82) is 0 Å². The molecular weight excluding hydrogens is 240 g/mol. The molecule has 3 atom stereocenters. The summed E-state index contributed by atoms with van der Waals surface area (Å²) in [6, 6.07) is 0. The Morgan fingerprint density at radius 1 is 1.44 bits per heavy atom. The van der Waals surface area contributed by atoms with Crippen LogP contribution in [0.5, 0.6) is 0 Å². The van der Waals surface area contributed by atoms with E-state index in [1.54, 1.807) is 0 Å². The first-order valence-electron chi connectivity index (χ1n) is 7.46. The van der Waals surface area contributed by atoms with Crippen molar-refractivity contribution in [3.8, 4) is 0 Å². The molecule has 0 amide bonds. The molecule has 3 heteroatoms. The minimum Gasteiger partial charge on any atom is -0.359 e. The first-order chi connectivity index (χ1) is 8.51. The Morgan fingerprint density at radius 2 is 2.22 bits per heavy atom. The number of nitrogens with zero attached hydrogens (tertiary/aromatic N) is 1. The molecule has 0 aromatic carbocycles. The molecule has 1 spiro atoms. The summed E-state index contributed by atoms with van der Waals surface area (Å²) < 4.78 is 0. The molecule has 1 heterocycles. The third kappa shape index (κ3) is 3.43. The number of hydrogen-bond acceptors (Lipinski definition) is 2. The zero-order valence-electron chi connectivity index (χ0n) is 12.3. The molecular formula is C15H28N2S. The number of amidine groups is 1. The maximum Gasteiger partial charge on any atom is 0.157 e. The molecule has 3 unspecified atom stereocenters. The highest BCUT2D eigenvalue weighted by Gasteiger charge is 2.40. The highest BCUT2D eigenvalue weighted by atomic mass is 32.2. The highest BCUT2D eigenvalue weighted by Crippen LogP contribution is 2.38. The molecule has 0 aromatic heterocycles. The molecule has 1 aliphatic heterocycles. The fraction of sp³-hybridized carbons (Fsp3) is 0.933. The molecule has 2 rings (SSSR count). The zero-order valence-corrected chi connectivity index (χ0v) is 13.1. The molecule has 18 heavy (non-hydrogen) atoms. The topological polar surface area (TPSA) is 24.4 Å². The van der Waals surface area contributed by atoms with E-state index in [0.29, 0.717) is 11.5 Å². The van der Waals surface area contributed by atoms with E-state index in [4.69, 9.17) is 4.99 Å². The maximum absolute atomic E-state index is 4.79. The lowest BCUT2D eigenvalue weighted by Gasteiger charge is -2.36. The van der Waals surface area contributed by atoms with E-state index in [2.05, 4.69) is 33.0 Å². The van der Waals surface area contributed by atoms with Gasteiger partial charge in [-0.2, -0.15) is 0 Å². The Balaban J connectivity index is 1.89. The van der Waals surface area contributed by atoms with Crippen LogP contribution in [-0.2, 0) is 0 Å². The van der Waals surface area contributed by atoms with E-state index >= 15 is 0 Å². The second kappa shape index (κ2) is 5.85. The van der Waals surface area contributed by atoms with Crippen LogP contribution in [0.15, 0.2) is 4.99 Å². The summed E-state index contributed by atoms with van der Waals surface area (Å²) in [4.78, 5) is 4.79. The van der Waals surface area contributed by atoms with Gasteiger partial charge in [0.15, 0.2) is 5.17 Å². The van der Waals surface area contributed by atoms with E-state index in [9.17, 15) is 0 Å². The first-order valence-corrected chi connectivity index (χ1v) is 8.45. The SMILES string of the molecule is CC1CCCC2(CSC(=NCC(C)C(C)C)N2)C1. The van der Waals surface area contributed by atoms with Gasteiger partial charge in [0.2, 0.25) is 0 Å². The Labute approximate surface area is 116 Å². The summed E-state index contributed by atoms with van der Waals surface area (Å²) in [5.41, 5.74) is 0.377. The van der Waals surface area contributed by atoms with E-state index < -0.39 is 0 Å². The van der Waals surface area contributed by atoms with Crippen molar-refractivity contribution < 1.29 is 0 Å². The number of hydrogen-bond donors (Lipinski definition) is 1. The second-order valence-electron chi connectivity index (χ2n) is 6.76. The van der Waals surface area contributed by atoms with Crippen LogP contribution in [0, 0.1) is 17.8 Å². The molecule has 2 nitrogen and oxygen atoms in total. The smallest absolute Gasteiger partial charge is 0.157 e. The molecule has 1 saturated carbocycles. The van der Waals surface area contributed by atoms with Gasteiger partial charge in [0, 0.05) is 17.8 Å². The molecule has 1 aliphatic carbocycles. The lowest BCUT2D eigenvalue weighted by Crippen LogP contribution is -2.47. The van der Waals surface area contributed by atoms with Crippen LogP contribution in [0.1, 0.15) is 53.4 Å². The normalized spacial score (nSPS) is 36.3. The minimum absolute atomic E-state index is 0.377. The predicted octanol–water partition coefficient (Wildman–Crippen LogP) is 3.92. The van der Waals surface area contributed by atoms with E-state index in [-0.39, 0.29) is 0 Å². The van der Waals surface area contributed by atoms with Gasteiger partial charge in [0.05, 0.1) is 0 Å². The van der Waals surface area contributed by atoms with Gasteiger partial charge in [-0.15, -0.1) is 0 Å². The van der Waals surface area contributed by atoms with E-state index in [1.807, 2.05) is 11.8 Å². The van der Waals surface area contributed by atoms with E-state index in [0.717, 1.165) is 18.4 Å². The van der Waals surface area contributed by atoms with Gasteiger partial charge in [0.25, 0.3) is 0 Å². The predicted molar refractivity (Wildman–Crippen MR) is 82.3 cm³/mol. The van der Waals surface area contributed by atoms with Crippen LogP contribution in [0.25, 0.3) is 0 Å².